The van der Waals surface area contributed by atoms with E-state index in [1.165, 1.54) is 0 Å². The van der Waals surface area contributed by atoms with Crippen molar-refractivity contribution in [1.29, 1.82) is 0 Å². The second-order valence-electron chi connectivity index (χ2n) is 4.40. The van der Waals surface area contributed by atoms with Gasteiger partial charge < -0.3 is 10.1 Å². The van der Waals surface area contributed by atoms with Gasteiger partial charge in [0.1, 0.15) is 5.75 Å². The molecule has 1 aliphatic heterocycles. The zero-order valence-electron chi connectivity index (χ0n) is 10.2. The summed E-state index contributed by atoms with van der Waals surface area (Å²) in [4.78, 5) is 0. The Balaban J connectivity index is 2.20. The Labute approximate surface area is 110 Å². The molecule has 1 saturated heterocycles. The van der Waals surface area contributed by atoms with Gasteiger partial charge in [-0.3, -0.25) is 0 Å². The van der Waals surface area contributed by atoms with Crippen LogP contribution in [0.25, 0.3) is 0 Å². The van der Waals surface area contributed by atoms with Crippen molar-refractivity contribution in [2.75, 3.05) is 11.5 Å². The summed E-state index contributed by atoms with van der Waals surface area (Å²) in [5.74, 6) is 2.26. The molecule has 18 heavy (non-hydrogen) atoms. The fourth-order valence-corrected chi connectivity index (χ4v) is 3.29. The topological polar surface area (TPSA) is 21.3 Å². The van der Waals surface area contributed by atoms with E-state index in [-0.39, 0.29) is 11.8 Å². The van der Waals surface area contributed by atoms with Gasteiger partial charge in [0, 0.05) is 23.4 Å². The highest BCUT2D eigenvalue weighted by atomic mass is 32.2. The summed E-state index contributed by atoms with van der Waals surface area (Å²) in [7, 11) is 0. The molecule has 1 aromatic carbocycles. The lowest BCUT2D eigenvalue weighted by atomic mass is 10.1. The average molecular weight is 273 g/mol. The number of ether oxygens (including phenoxy) is 1. The lowest BCUT2D eigenvalue weighted by Gasteiger charge is -2.22. The second kappa shape index (κ2) is 6.38. The van der Waals surface area contributed by atoms with E-state index in [0.29, 0.717) is 6.04 Å². The number of benzene rings is 1. The van der Waals surface area contributed by atoms with Crippen LogP contribution in [0.15, 0.2) is 24.3 Å². The maximum atomic E-state index is 12.4. The van der Waals surface area contributed by atoms with Crippen molar-refractivity contribution < 1.29 is 13.5 Å². The number of nitrogens with one attached hydrogen (secondary N) is 1. The third-order valence-corrected chi connectivity index (χ3v) is 4.07. The van der Waals surface area contributed by atoms with Gasteiger partial charge in [-0.25, -0.2) is 0 Å². The van der Waals surface area contributed by atoms with Gasteiger partial charge in [-0.05, 0) is 25.2 Å². The van der Waals surface area contributed by atoms with Crippen molar-refractivity contribution in [3.05, 3.63) is 29.8 Å². The molecule has 1 heterocycles. The highest BCUT2D eigenvalue weighted by Crippen LogP contribution is 2.31. The Morgan fingerprint density at radius 1 is 1.39 bits per heavy atom. The normalized spacial score (nSPS) is 24.9. The monoisotopic (exact) mass is 273 g/mol. The van der Waals surface area contributed by atoms with Crippen LogP contribution in [-0.2, 0) is 0 Å². The number of thioether (sulfide) groups is 1. The second-order valence-corrected chi connectivity index (χ2v) is 5.55. The van der Waals surface area contributed by atoms with Gasteiger partial charge in [-0.1, -0.05) is 18.2 Å². The molecule has 2 rings (SSSR count). The van der Waals surface area contributed by atoms with E-state index in [1.807, 2.05) is 23.9 Å². The van der Waals surface area contributed by atoms with Crippen molar-refractivity contribution >= 4 is 11.8 Å². The van der Waals surface area contributed by atoms with Crippen LogP contribution in [-0.4, -0.2) is 24.2 Å². The van der Waals surface area contributed by atoms with Crippen LogP contribution >= 0.6 is 11.8 Å². The molecular formula is C13H17F2NOS. The first-order valence-corrected chi connectivity index (χ1v) is 7.20. The molecule has 0 amide bonds. The molecule has 0 aromatic heterocycles. The number of rotatable bonds is 3. The lowest BCUT2D eigenvalue weighted by Crippen LogP contribution is -2.30. The van der Waals surface area contributed by atoms with Gasteiger partial charge in [0.15, 0.2) is 0 Å². The van der Waals surface area contributed by atoms with Gasteiger partial charge in [0.05, 0.1) is 0 Å². The summed E-state index contributed by atoms with van der Waals surface area (Å²) in [5.41, 5.74) is 0.819. The van der Waals surface area contributed by atoms with E-state index < -0.39 is 6.61 Å². The highest BCUT2D eigenvalue weighted by Gasteiger charge is 2.21. The van der Waals surface area contributed by atoms with Crippen LogP contribution in [0, 0.1) is 0 Å². The third kappa shape index (κ3) is 3.59. The Kier molecular flexibility index (Phi) is 4.83. The van der Waals surface area contributed by atoms with Crippen LogP contribution in [0.3, 0.4) is 0 Å². The van der Waals surface area contributed by atoms with Gasteiger partial charge in [-0.2, -0.15) is 20.5 Å². The Bertz CT molecular complexity index is 389. The third-order valence-electron chi connectivity index (χ3n) is 2.98. The molecule has 0 saturated carbocycles. The van der Waals surface area contributed by atoms with Gasteiger partial charge >= 0.3 is 6.61 Å². The molecule has 2 unspecified atom stereocenters. The zero-order valence-corrected chi connectivity index (χ0v) is 11.1. The largest absolute Gasteiger partial charge is 0.434 e. The molecule has 2 atom stereocenters. The van der Waals surface area contributed by atoms with E-state index in [0.717, 1.165) is 23.5 Å². The summed E-state index contributed by atoms with van der Waals surface area (Å²) >= 11 is 1.84. The summed E-state index contributed by atoms with van der Waals surface area (Å²) < 4.78 is 29.3. The standard InChI is InChI=1S/C13H17F2NOS/c1-9-6-7-18-8-11(16-9)10-4-2-3-5-12(10)17-13(14)15/h2-5,9,11,13,16H,6-8H2,1H3. The quantitative estimate of drug-likeness (QED) is 0.911. The molecule has 1 N–H and O–H groups in total. The van der Waals surface area contributed by atoms with Crippen LogP contribution < -0.4 is 10.1 Å². The molecule has 0 aliphatic carbocycles. The number of alkyl halides is 2. The smallest absolute Gasteiger partial charge is 0.387 e. The first kappa shape index (κ1) is 13.6. The predicted molar refractivity (Wildman–Crippen MR) is 70.4 cm³/mol. The molecule has 5 heteroatoms. The highest BCUT2D eigenvalue weighted by molar-refractivity contribution is 7.99. The summed E-state index contributed by atoms with van der Waals surface area (Å²) in [6.07, 6.45) is 1.10. The number of hydrogen-bond acceptors (Lipinski definition) is 3. The fourth-order valence-electron chi connectivity index (χ4n) is 2.09. The Morgan fingerprint density at radius 3 is 2.94 bits per heavy atom. The zero-order chi connectivity index (χ0) is 13.0. The van der Waals surface area contributed by atoms with Crippen molar-refractivity contribution in [3.63, 3.8) is 0 Å². The Hall–Kier alpha value is -0.810. The molecule has 1 aromatic rings. The van der Waals surface area contributed by atoms with Crippen LogP contribution in [0.2, 0.25) is 0 Å². The summed E-state index contributed by atoms with van der Waals surface area (Å²) in [6, 6.07) is 7.49. The maximum Gasteiger partial charge on any atom is 0.387 e. The molecule has 0 radical (unpaired) electrons. The lowest BCUT2D eigenvalue weighted by molar-refractivity contribution is -0.0506. The van der Waals surface area contributed by atoms with Crippen LogP contribution in [0.1, 0.15) is 24.9 Å². The van der Waals surface area contributed by atoms with Crippen molar-refractivity contribution in [2.24, 2.45) is 0 Å². The molecule has 2 nitrogen and oxygen atoms in total. The molecule has 0 bridgehead atoms. The maximum absolute atomic E-state index is 12.4. The SMILES string of the molecule is CC1CCSCC(c2ccccc2OC(F)F)N1. The summed E-state index contributed by atoms with van der Waals surface area (Å²) in [6.45, 7) is -0.655. The minimum Gasteiger partial charge on any atom is -0.434 e. The van der Waals surface area contributed by atoms with Crippen molar-refractivity contribution in [2.45, 2.75) is 32.0 Å². The van der Waals surface area contributed by atoms with Crippen molar-refractivity contribution in [3.8, 4) is 5.75 Å². The molecule has 1 aliphatic rings. The van der Waals surface area contributed by atoms with Gasteiger partial charge in [0.2, 0.25) is 0 Å². The fraction of sp³-hybridized carbons (Fsp3) is 0.538. The first-order valence-electron chi connectivity index (χ1n) is 6.04. The van der Waals surface area contributed by atoms with Gasteiger partial charge in [-0.15, -0.1) is 0 Å². The minimum atomic E-state index is -2.78. The molecular weight excluding hydrogens is 256 g/mol. The average Bonchev–Trinajstić information content (AvgIpc) is 2.54. The summed E-state index contributed by atoms with van der Waals surface area (Å²) in [5, 5.41) is 3.46. The van der Waals surface area contributed by atoms with Crippen molar-refractivity contribution in [1.82, 2.24) is 5.32 Å². The van der Waals surface area contributed by atoms with Crippen LogP contribution in [0.4, 0.5) is 8.78 Å². The number of para-hydroxylation sites is 1. The van der Waals surface area contributed by atoms with E-state index in [2.05, 4.69) is 17.0 Å². The molecule has 1 fully saturated rings. The van der Waals surface area contributed by atoms with E-state index in [9.17, 15) is 8.78 Å². The Morgan fingerprint density at radius 2 is 2.17 bits per heavy atom. The van der Waals surface area contributed by atoms with E-state index in [1.54, 1.807) is 12.1 Å². The number of hydrogen-bond donors (Lipinski definition) is 1. The minimum absolute atomic E-state index is 0.0717. The van der Waals surface area contributed by atoms with Gasteiger partial charge in [0.25, 0.3) is 0 Å². The van der Waals surface area contributed by atoms with E-state index >= 15 is 0 Å². The molecule has 0 spiro atoms. The van der Waals surface area contributed by atoms with Crippen LogP contribution in [0.5, 0.6) is 5.75 Å². The van der Waals surface area contributed by atoms with E-state index in [4.69, 9.17) is 0 Å². The predicted octanol–water partition coefficient (Wildman–Crippen LogP) is 3.44. The molecule has 100 valence electrons. The first-order chi connectivity index (χ1) is 8.66. The number of halogens is 2.